The highest BCUT2D eigenvalue weighted by Gasteiger charge is 2.24. The fourth-order valence-corrected chi connectivity index (χ4v) is 3.17. The highest BCUT2D eigenvalue weighted by molar-refractivity contribution is 5.94. The number of rotatable bonds is 7. The molecule has 0 saturated carbocycles. The molecule has 29 heavy (non-hydrogen) atoms. The van der Waals surface area contributed by atoms with Crippen LogP contribution in [0.1, 0.15) is 57.7 Å². The second kappa shape index (κ2) is 8.77. The molecule has 0 bridgehead atoms. The average Bonchev–Trinajstić information content (AvgIpc) is 3.08. The second-order valence-electron chi connectivity index (χ2n) is 6.98. The Balaban J connectivity index is 1.88. The lowest BCUT2D eigenvalue weighted by Crippen LogP contribution is -2.25. The molecule has 0 atom stereocenters. The summed E-state index contributed by atoms with van der Waals surface area (Å²) in [6, 6.07) is 13.0. The SMILES string of the molecule is CC(C)c1c(C(=O)NCc2ccc(F)c(F)c2)nc(C=O)n1Cc1ccccc1. The Morgan fingerprint density at radius 1 is 1.10 bits per heavy atom. The molecule has 1 N–H and O–H groups in total. The van der Waals surface area contributed by atoms with Gasteiger partial charge in [-0.2, -0.15) is 0 Å². The number of nitrogens with one attached hydrogen (secondary N) is 1. The lowest BCUT2D eigenvalue weighted by atomic mass is 10.1. The molecule has 1 heterocycles. The number of carbonyl (C=O) groups is 2. The summed E-state index contributed by atoms with van der Waals surface area (Å²) < 4.78 is 28.2. The maximum atomic E-state index is 13.4. The fraction of sp³-hybridized carbons (Fsp3) is 0.227. The number of carbonyl (C=O) groups excluding carboxylic acids is 2. The first-order chi connectivity index (χ1) is 13.9. The molecule has 0 aliphatic carbocycles. The summed E-state index contributed by atoms with van der Waals surface area (Å²) in [4.78, 5) is 28.6. The molecule has 3 aromatic rings. The number of aromatic nitrogens is 2. The molecule has 1 amide bonds. The van der Waals surface area contributed by atoms with Crippen molar-refractivity contribution in [3.8, 4) is 0 Å². The van der Waals surface area contributed by atoms with Crippen LogP contribution in [0.3, 0.4) is 0 Å². The van der Waals surface area contributed by atoms with Crippen molar-refractivity contribution in [2.75, 3.05) is 0 Å². The van der Waals surface area contributed by atoms with Gasteiger partial charge >= 0.3 is 0 Å². The van der Waals surface area contributed by atoms with Crippen LogP contribution in [0, 0.1) is 11.6 Å². The van der Waals surface area contributed by atoms with Crippen LogP contribution in [-0.2, 0) is 13.1 Å². The van der Waals surface area contributed by atoms with Crippen molar-refractivity contribution < 1.29 is 18.4 Å². The van der Waals surface area contributed by atoms with Gasteiger partial charge in [-0.25, -0.2) is 13.8 Å². The molecule has 0 fully saturated rings. The lowest BCUT2D eigenvalue weighted by Gasteiger charge is -2.14. The van der Waals surface area contributed by atoms with Gasteiger partial charge in [0.2, 0.25) is 0 Å². The van der Waals surface area contributed by atoms with Gasteiger partial charge in [-0.05, 0) is 29.2 Å². The van der Waals surface area contributed by atoms with Crippen LogP contribution in [0.4, 0.5) is 8.78 Å². The molecular formula is C22H21F2N3O2. The van der Waals surface area contributed by atoms with Gasteiger partial charge in [-0.1, -0.05) is 50.2 Å². The maximum absolute atomic E-state index is 13.4. The molecule has 0 aliphatic rings. The molecule has 7 heteroatoms. The van der Waals surface area contributed by atoms with Crippen molar-refractivity contribution in [1.82, 2.24) is 14.9 Å². The van der Waals surface area contributed by atoms with Gasteiger partial charge in [0.1, 0.15) is 5.69 Å². The summed E-state index contributed by atoms with van der Waals surface area (Å²) in [5, 5.41) is 2.67. The number of nitrogens with zero attached hydrogens (tertiary/aromatic N) is 2. The van der Waals surface area contributed by atoms with Crippen LogP contribution in [0.25, 0.3) is 0 Å². The van der Waals surface area contributed by atoms with Crippen LogP contribution in [-0.4, -0.2) is 21.7 Å². The molecule has 3 rings (SSSR count). The Bertz CT molecular complexity index is 1030. The van der Waals surface area contributed by atoms with Gasteiger partial charge in [0.25, 0.3) is 5.91 Å². The molecule has 0 radical (unpaired) electrons. The van der Waals surface area contributed by atoms with E-state index in [1.165, 1.54) is 6.07 Å². The van der Waals surface area contributed by atoms with E-state index in [0.29, 0.717) is 24.1 Å². The smallest absolute Gasteiger partial charge is 0.272 e. The van der Waals surface area contributed by atoms with Crippen LogP contribution < -0.4 is 5.32 Å². The molecule has 2 aromatic carbocycles. The summed E-state index contributed by atoms with van der Waals surface area (Å²) in [5.41, 5.74) is 2.19. The zero-order chi connectivity index (χ0) is 21.0. The quantitative estimate of drug-likeness (QED) is 0.611. The van der Waals surface area contributed by atoms with E-state index >= 15 is 0 Å². The van der Waals surface area contributed by atoms with Crippen molar-refractivity contribution in [2.45, 2.75) is 32.9 Å². The Morgan fingerprint density at radius 3 is 2.45 bits per heavy atom. The van der Waals surface area contributed by atoms with Crippen molar-refractivity contribution in [1.29, 1.82) is 0 Å². The Labute approximate surface area is 167 Å². The van der Waals surface area contributed by atoms with Crippen LogP contribution >= 0.6 is 0 Å². The van der Waals surface area contributed by atoms with Crippen molar-refractivity contribution in [3.05, 3.63) is 88.5 Å². The number of halogens is 2. The Morgan fingerprint density at radius 2 is 1.83 bits per heavy atom. The molecule has 1 aromatic heterocycles. The summed E-state index contributed by atoms with van der Waals surface area (Å²) >= 11 is 0. The molecule has 0 saturated heterocycles. The highest BCUT2D eigenvalue weighted by Crippen LogP contribution is 2.23. The predicted octanol–water partition coefficient (Wildman–Crippen LogP) is 4.08. The van der Waals surface area contributed by atoms with E-state index in [2.05, 4.69) is 10.3 Å². The van der Waals surface area contributed by atoms with E-state index < -0.39 is 17.5 Å². The Hall–Kier alpha value is -3.35. The highest BCUT2D eigenvalue weighted by atomic mass is 19.2. The lowest BCUT2D eigenvalue weighted by molar-refractivity contribution is 0.0944. The van der Waals surface area contributed by atoms with E-state index in [9.17, 15) is 18.4 Å². The van der Waals surface area contributed by atoms with Gasteiger partial charge in [-0.15, -0.1) is 0 Å². The van der Waals surface area contributed by atoms with E-state index in [1.54, 1.807) is 4.57 Å². The van der Waals surface area contributed by atoms with E-state index in [-0.39, 0.29) is 24.0 Å². The minimum atomic E-state index is -0.977. The first kappa shape index (κ1) is 20.4. The van der Waals surface area contributed by atoms with Gasteiger partial charge in [-0.3, -0.25) is 9.59 Å². The summed E-state index contributed by atoms with van der Waals surface area (Å²) in [7, 11) is 0. The molecule has 150 valence electrons. The molecule has 5 nitrogen and oxygen atoms in total. The first-order valence-electron chi connectivity index (χ1n) is 9.22. The third kappa shape index (κ3) is 4.56. The summed E-state index contributed by atoms with van der Waals surface area (Å²) in [6.07, 6.45) is 0.626. The van der Waals surface area contributed by atoms with Gasteiger partial charge in [0.15, 0.2) is 23.7 Å². The minimum Gasteiger partial charge on any atom is -0.347 e. The monoisotopic (exact) mass is 397 g/mol. The van der Waals surface area contributed by atoms with Gasteiger partial charge in [0, 0.05) is 13.1 Å². The van der Waals surface area contributed by atoms with Gasteiger partial charge < -0.3 is 9.88 Å². The zero-order valence-electron chi connectivity index (χ0n) is 16.2. The van der Waals surface area contributed by atoms with E-state index in [0.717, 1.165) is 17.7 Å². The van der Waals surface area contributed by atoms with Crippen molar-refractivity contribution >= 4 is 12.2 Å². The molecule has 0 unspecified atom stereocenters. The Kier molecular flexibility index (Phi) is 6.16. The molecular weight excluding hydrogens is 376 g/mol. The van der Waals surface area contributed by atoms with Crippen LogP contribution in [0.2, 0.25) is 0 Å². The number of hydrogen-bond acceptors (Lipinski definition) is 3. The predicted molar refractivity (Wildman–Crippen MR) is 105 cm³/mol. The number of amides is 1. The van der Waals surface area contributed by atoms with Crippen LogP contribution in [0.15, 0.2) is 48.5 Å². The standard InChI is InChI=1S/C22H21F2N3O2/c1-14(2)21-20(22(29)25-11-16-8-9-17(23)18(24)10-16)26-19(13-28)27(21)12-15-6-4-3-5-7-15/h3-10,13-14H,11-12H2,1-2H3,(H,25,29). The minimum absolute atomic E-state index is 0.00946. The third-order valence-electron chi connectivity index (χ3n) is 4.52. The van der Waals surface area contributed by atoms with E-state index in [4.69, 9.17) is 0 Å². The van der Waals surface area contributed by atoms with Crippen LogP contribution in [0.5, 0.6) is 0 Å². The van der Waals surface area contributed by atoms with Crippen molar-refractivity contribution in [3.63, 3.8) is 0 Å². The maximum Gasteiger partial charge on any atom is 0.272 e. The average molecular weight is 397 g/mol. The van der Waals surface area contributed by atoms with E-state index in [1.807, 2.05) is 44.2 Å². The largest absolute Gasteiger partial charge is 0.347 e. The topological polar surface area (TPSA) is 64.0 Å². The molecule has 0 spiro atoms. The number of imidazole rings is 1. The molecule has 0 aliphatic heterocycles. The zero-order valence-corrected chi connectivity index (χ0v) is 16.2. The summed E-state index contributed by atoms with van der Waals surface area (Å²) in [6.45, 7) is 4.25. The number of aldehydes is 1. The van der Waals surface area contributed by atoms with Gasteiger partial charge in [0.05, 0.1) is 5.69 Å². The third-order valence-corrected chi connectivity index (χ3v) is 4.52. The van der Waals surface area contributed by atoms with Crippen molar-refractivity contribution in [2.24, 2.45) is 0 Å². The second-order valence-corrected chi connectivity index (χ2v) is 6.98. The summed E-state index contributed by atoms with van der Waals surface area (Å²) in [5.74, 6) is -2.31. The normalized spacial score (nSPS) is 10.9. The first-order valence-corrected chi connectivity index (χ1v) is 9.22. The number of hydrogen-bond donors (Lipinski definition) is 1. The number of benzene rings is 2. The fourth-order valence-electron chi connectivity index (χ4n) is 3.17.